The Hall–Kier alpha value is -0.520. The third kappa shape index (κ3) is 4.23. The van der Waals surface area contributed by atoms with Crippen molar-refractivity contribution in [1.29, 1.82) is 0 Å². The molecule has 106 valence electrons. The summed E-state index contributed by atoms with van der Waals surface area (Å²) in [5.41, 5.74) is 6.04. The summed E-state index contributed by atoms with van der Waals surface area (Å²) in [4.78, 5) is 14.0. The topological polar surface area (TPSA) is 55.6 Å². The second kappa shape index (κ2) is 7.31. The number of amides is 1. The van der Waals surface area contributed by atoms with E-state index in [0.717, 1.165) is 0 Å². The average molecular weight is 326 g/mol. The minimum Gasteiger partial charge on any atom is -0.373 e. The first-order valence-corrected chi connectivity index (χ1v) is 6.43. The molecule has 1 unspecified atom stereocenters. The Morgan fingerprint density at radius 2 is 2.00 bits per heavy atom. The molecule has 1 heterocycles. The number of carbonyl (C=O) groups is 1. The number of rotatable bonds is 2. The van der Waals surface area contributed by atoms with Crippen LogP contribution in [0.15, 0.2) is 18.2 Å². The Balaban J connectivity index is 0.00000180. The van der Waals surface area contributed by atoms with E-state index in [9.17, 15) is 4.79 Å². The number of carbonyl (C=O) groups excluding carboxylic acids is 1. The van der Waals surface area contributed by atoms with E-state index in [1.165, 1.54) is 0 Å². The van der Waals surface area contributed by atoms with Gasteiger partial charge in [0, 0.05) is 35.2 Å². The predicted octanol–water partition coefficient (Wildman–Crippen LogP) is 2.21. The van der Waals surface area contributed by atoms with Crippen LogP contribution in [0.3, 0.4) is 0 Å². The maximum absolute atomic E-state index is 12.3. The fourth-order valence-electron chi connectivity index (χ4n) is 1.91. The summed E-state index contributed by atoms with van der Waals surface area (Å²) in [5.74, 6) is -0.0962. The monoisotopic (exact) mass is 324 g/mol. The van der Waals surface area contributed by atoms with Crippen LogP contribution in [0.25, 0.3) is 0 Å². The van der Waals surface area contributed by atoms with E-state index < -0.39 is 0 Å². The highest BCUT2D eigenvalue weighted by Gasteiger charge is 2.24. The Morgan fingerprint density at radius 1 is 1.37 bits per heavy atom. The van der Waals surface area contributed by atoms with Gasteiger partial charge in [0.1, 0.15) is 0 Å². The number of benzene rings is 1. The molecule has 0 aliphatic carbocycles. The number of hydrogen-bond donors (Lipinski definition) is 1. The van der Waals surface area contributed by atoms with Crippen LogP contribution in [0.5, 0.6) is 0 Å². The van der Waals surface area contributed by atoms with Crippen LogP contribution in [0, 0.1) is 0 Å². The molecule has 0 spiro atoms. The van der Waals surface area contributed by atoms with E-state index in [-0.39, 0.29) is 24.4 Å². The van der Waals surface area contributed by atoms with Crippen molar-refractivity contribution in [1.82, 2.24) is 4.90 Å². The zero-order valence-corrected chi connectivity index (χ0v) is 12.5. The summed E-state index contributed by atoms with van der Waals surface area (Å²) < 4.78 is 5.42. The number of halogens is 3. The largest absolute Gasteiger partial charge is 0.373 e. The van der Waals surface area contributed by atoms with E-state index in [1.54, 1.807) is 23.1 Å². The van der Waals surface area contributed by atoms with Crippen molar-refractivity contribution >= 4 is 41.5 Å². The lowest BCUT2D eigenvalue weighted by Gasteiger charge is -2.32. The quantitative estimate of drug-likeness (QED) is 0.907. The van der Waals surface area contributed by atoms with Gasteiger partial charge in [0.15, 0.2) is 0 Å². The van der Waals surface area contributed by atoms with Gasteiger partial charge < -0.3 is 15.4 Å². The predicted molar refractivity (Wildman–Crippen MR) is 78.4 cm³/mol. The van der Waals surface area contributed by atoms with Crippen molar-refractivity contribution in [2.45, 2.75) is 6.10 Å². The molecule has 19 heavy (non-hydrogen) atoms. The number of nitrogens with zero attached hydrogens (tertiary/aromatic N) is 1. The lowest BCUT2D eigenvalue weighted by atomic mass is 10.1. The van der Waals surface area contributed by atoms with Gasteiger partial charge in [-0.2, -0.15) is 0 Å². The molecule has 4 nitrogen and oxygen atoms in total. The van der Waals surface area contributed by atoms with Gasteiger partial charge in [-0.1, -0.05) is 23.2 Å². The zero-order chi connectivity index (χ0) is 13.1. The van der Waals surface area contributed by atoms with Gasteiger partial charge in [0.25, 0.3) is 5.91 Å². The van der Waals surface area contributed by atoms with Crippen LogP contribution in [-0.4, -0.2) is 43.2 Å². The lowest BCUT2D eigenvalue weighted by Crippen LogP contribution is -2.48. The Bertz CT molecular complexity index is 436. The summed E-state index contributed by atoms with van der Waals surface area (Å²) >= 11 is 11.8. The van der Waals surface area contributed by atoms with Gasteiger partial charge in [-0.15, -0.1) is 12.4 Å². The molecule has 0 aromatic heterocycles. The van der Waals surface area contributed by atoms with Gasteiger partial charge in [0.2, 0.25) is 0 Å². The van der Waals surface area contributed by atoms with Crippen molar-refractivity contribution < 1.29 is 9.53 Å². The summed E-state index contributed by atoms with van der Waals surface area (Å²) in [6, 6.07) is 4.83. The highest BCUT2D eigenvalue weighted by molar-refractivity contribution is 6.35. The second-order valence-electron chi connectivity index (χ2n) is 4.14. The second-order valence-corrected chi connectivity index (χ2v) is 5.01. The van der Waals surface area contributed by atoms with E-state index in [2.05, 4.69) is 0 Å². The fourth-order valence-corrected chi connectivity index (χ4v) is 2.43. The van der Waals surface area contributed by atoms with E-state index in [0.29, 0.717) is 41.8 Å². The Morgan fingerprint density at radius 3 is 2.58 bits per heavy atom. The molecule has 1 atom stereocenters. The van der Waals surface area contributed by atoms with Crippen molar-refractivity contribution in [2.24, 2.45) is 5.73 Å². The van der Waals surface area contributed by atoms with Crippen molar-refractivity contribution in [3.8, 4) is 0 Å². The first-order valence-electron chi connectivity index (χ1n) is 5.67. The van der Waals surface area contributed by atoms with Crippen molar-refractivity contribution in [3.05, 3.63) is 33.8 Å². The first-order chi connectivity index (χ1) is 8.60. The van der Waals surface area contributed by atoms with Crippen LogP contribution >= 0.6 is 35.6 Å². The molecule has 2 N–H and O–H groups in total. The van der Waals surface area contributed by atoms with Crippen molar-refractivity contribution in [2.75, 3.05) is 26.2 Å². The molecular weight excluding hydrogens is 311 g/mol. The van der Waals surface area contributed by atoms with E-state index in [1.807, 2.05) is 0 Å². The van der Waals surface area contributed by atoms with Crippen LogP contribution in [-0.2, 0) is 4.74 Å². The summed E-state index contributed by atoms with van der Waals surface area (Å²) in [6.45, 7) is 1.96. The molecule has 2 rings (SSSR count). The molecule has 0 bridgehead atoms. The molecule has 1 saturated heterocycles. The number of hydrogen-bond acceptors (Lipinski definition) is 3. The van der Waals surface area contributed by atoms with E-state index >= 15 is 0 Å². The average Bonchev–Trinajstić information content (AvgIpc) is 2.37. The molecule has 1 fully saturated rings. The van der Waals surface area contributed by atoms with Gasteiger partial charge in [0.05, 0.1) is 12.7 Å². The third-order valence-corrected chi connectivity index (χ3v) is 3.23. The normalized spacial score (nSPS) is 18.9. The summed E-state index contributed by atoms with van der Waals surface area (Å²) in [5, 5.41) is 0.906. The minimum absolute atomic E-state index is 0. The molecule has 1 aliphatic rings. The molecule has 7 heteroatoms. The Kier molecular flexibility index (Phi) is 6.36. The first kappa shape index (κ1) is 16.5. The van der Waals surface area contributed by atoms with Crippen LogP contribution < -0.4 is 5.73 Å². The third-order valence-electron chi connectivity index (χ3n) is 2.80. The lowest BCUT2D eigenvalue weighted by molar-refractivity contribution is -0.0167. The molecule has 0 saturated carbocycles. The molecule has 0 radical (unpaired) electrons. The van der Waals surface area contributed by atoms with Gasteiger partial charge >= 0.3 is 0 Å². The van der Waals surface area contributed by atoms with Crippen LogP contribution in [0.4, 0.5) is 0 Å². The zero-order valence-electron chi connectivity index (χ0n) is 10.1. The molecular formula is C12H15Cl3N2O2. The fraction of sp³-hybridized carbons (Fsp3) is 0.417. The molecule has 1 amide bonds. The van der Waals surface area contributed by atoms with E-state index in [4.69, 9.17) is 33.7 Å². The van der Waals surface area contributed by atoms with Gasteiger partial charge in [-0.3, -0.25) is 4.79 Å². The summed E-state index contributed by atoms with van der Waals surface area (Å²) in [7, 11) is 0. The van der Waals surface area contributed by atoms with Gasteiger partial charge in [-0.05, 0) is 18.2 Å². The van der Waals surface area contributed by atoms with Crippen LogP contribution in [0.2, 0.25) is 10.0 Å². The van der Waals surface area contributed by atoms with Gasteiger partial charge in [-0.25, -0.2) is 0 Å². The molecule has 1 aromatic rings. The highest BCUT2D eigenvalue weighted by atomic mass is 35.5. The Labute approximate surface area is 128 Å². The minimum atomic E-state index is -0.0997. The summed E-state index contributed by atoms with van der Waals surface area (Å²) in [6.07, 6.45) is -0.0997. The van der Waals surface area contributed by atoms with Crippen molar-refractivity contribution in [3.63, 3.8) is 0 Å². The maximum Gasteiger partial charge on any atom is 0.254 e. The SMILES string of the molecule is Cl.NCC1CN(C(=O)c2cc(Cl)cc(Cl)c2)CCO1. The van der Waals surface area contributed by atoms with Crippen LogP contribution in [0.1, 0.15) is 10.4 Å². The standard InChI is InChI=1S/C12H14Cl2N2O2.ClH/c13-9-3-8(4-10(14)5-9)12(17)16-1-2-18-11(6-15)7-16;/h3-5,11H,1-2,6-7,15H2;1H. The number of nitrogens with two attached hydrogens (primary N) is 1. The maximum atomic E-state index is 12.3. The molecule has 1 aromatic carbocycles. The molecule has 1 aliphatic heterocycles. The highest BCUT2D eigenvalue weighted by Crippen LogP contribution is 2.20. The number of morpholine rings is 1. The number of ether oxygens (including phenoxy) is 1. The smallest absolute Gasteiger partial charge is 0.254 e.